The van der Waals surface area contributed by atoms with Crippen molar-refractivity contribution in [1.82, 2.24) is 10.2 Å². The van der Waals surface area contributed by atoms with Gasteiger partial charge in [-0.25, -0.2) is 8.42 Å². The van der Waals surface area contributed by atoms with Crippen LogP contribution in [0.1, 0.15) is 32.8 Å². The van der Waals surface area contributed by atoms with Gasteiger partial charge in [0.15, 0.2) is 0 Å². The highest BCUT2D eigenvalue weighted by Gasteiger charge is 2.32. The van der Waals surface area contributed by atoms with E-state index < -0.39 is 28.5 Å². The molecule has 0 heterocycles. The number of sulfonamides is 1. The average molecular weight is 583 g/mol. The van der Waals surface area contributed by atoms with Gasteiger partial charge in [-0.05, 0) is 56.2 Å². The van der Waals surface area contributed by atoms with Crippen molar-refractivity contribution in [3.05, 3.63) is 62.1 Å². The highest BCUT2D eigenvalue weighted by atomic mass is 35.5. The molecule has 35 heavy (non-hydrogen) atoms. The van der Waals surface area contributed by atoms with E-state index >= 15 is 0 Å². The number of hydrogen-bond donors (Lipinski definition) is 1. The lowest BCUT2D eigenvalue weighted by Crippen LogP contribution is -2.53. The van der Waals surface area contributed by atoms with Gasteiger partial charge in [0, 0.05) is 22.6 Å². The first kappa shape index (κ1) is 29.5. The van der Waals surface area contributed by atoms with Crippen LogP contribution in [0.15, 0.2) is 36.4 Å². The van der Waals surface area contributed by atoms with Crippen LogP contribution >= 0.6 is 46.4 Å². The van der Waals surface area contributed by atoms with Crippen LogP contribution in [0.2, 0.25) is 20.1 Å². The number of halogens is 4. The maximum atomic E-state index is 13.6. The van der Waals surface area contributed by atoms with Crippen LogP contribution in [0.5, 0.6) is 0 Å². The zero-order valence-electron chi connectivity index (χ0n) is 19.7. The second-order valence-electron chi connectivity index (χ2n) is 8.21. The molecule has 0 saturated heterocycles. The van der Waals surface area contributed by atoms with E-state index in [9.17, 15) is 18.0 Å². The highest BCUT2D eigenvalue weighted by Crippen LogP contribution is 2.29. The minimum Gasteiger partial charge on any atom is -0.352 e. The summed E-state index contributed by atoms with van der Waals surface area (Å²) in [5, 5.41) is 3.93. The quantitative estimate of drug-likeness (QED) is 0.406. The topological polar surface area (TPSA) is 86.8 Å². The Hall–Kier alpha value is -1.71. The number of anilines is 1. The third kappa shape index (κ3) is 8.15. The molecule has 0 aliphatic carbocycles. The summed E-state index contributed by atoms with van der Waals surface area (Å²) in [6.45, 7) is 4.79. The average Bonchev–Trinajstić information content (AvgIpc) is 2.74. The summed E-state index contributed by atoms with van der Waals surface area (Å²) >= 11 is 24.4. The number of amides is 2. The number of nitrogens with zero attached hydrogens (tertiary/aromatic N) is 2. The standard InChI is InChI=1S/C23H27Cl4N3O4S/c1-5-21(23(32)28-14(2)3)29(12-15-6-7-16(24)10-19(15)26)22(31)13-30(35(4,33)34)17-8-9-18(25)20(27)11-17/h6-11,14,21H,5,12-13H2,1-4H3,(H,28,32). The van der Waals surface area contributed by atoms with Gasteiger partial charge in [0.2, 0.25) is 21.8 Å². The Morgan fingerprint density at radius 2 is 1.63 bits per heavy atom. The number of rotatable bonds is 10. The van der Waals surface area contributed by atoms with E-state index in [1.807, 2.05) is 13.8 Å². The minimum atomic E-state index is -3.89. The van der Waals surface area contributed by atoms with Gasteiger partial charge in [0.25, 0.3) is 0 Å². The summed E-state index contributed by atoms with van der Waals surface area (Å²) in [6, 6.07) is 8.05. The Balaban J connectivity index is 2.50. The molecule has 192 valence electrons. The predicted molar refractivity (Wildman–Crippen MR) is 143 cm³/mol. The van der Waals surface area contributed by atoms with Gasteiger partial charge in [0.1, 0.15) is 12.6 Å². The Kier molecular flexibility index (Phi) is 10.5. The summed E-state index contributed by atoms with van der Waals surface area (Å²) in [6.07, 6.45) is 1.27. The van der Waals surface area contributed by atoms with Gasteiger partial charge in [-0.15, -0.1) is 0 Å². The van der Waals surface area contributed by atoms with Crippen LogP contribution in [0.4, 0.5) is 5.69 Å². The minimum absolute atomic E-state index is 0.0299. The molecule has 0 bridgehead atoms. The van der Waals surface area contributed by atoms with Crippen molar-refractivity contribution in [1.29, 1.82) is 0 Å². The normalized spacial score (nSPS) is 12.4. The molecule has 2 aromatic carbocycles. The first-order chi connectivity index (χ1) is 16.2. The molecule has 2 amide bonds. The van der Waals surface area contributed by atoms with Crippen molar-refractivity contribution >= 4 is 73.9 Å². The Morgan fingerprint density at radius 1 is 0.971 bits per heavy atom. The van der Waals surface area contributed by atoms with E-state index in [4.69, 9.17) is 46.4 Å². The molecule has 1 N–H and O–H groups in total. The highest BCUT2D eigenvalue weighted by molar-refractivity contribution is 7.92. The van der Waals surface area contributed by atoms with Crippen molar-refractivity contribution < 1.29 is 18.0 Å². The van der Waals surface area contributed by atoms with Crippen molar-refractivity contribution in [3.63, 3.8) is 0 Å². The summed E-state index contributed by atoms with van der Waals surface area (Å²) < 4.78 is 26.2. The third-order valence-electron chi connectivity index (χ3n) is 5.04. The SMILES string of the molecule is CCC(C(=O)NC(C)C)N(Cc1ccc(Cl)cc1Cl)C(=O)CN(c1ccc(Cl)c(Cl)c1)S(C)(=O)=O. The molecule has 7 nitrogen and oxygen atoms in total. The number of nitrogens with one attached hydrogen (secondary N) is 1. The van der Waals surface area contributed by atoms with Crippen molar-refractivity contribution in [2.75, 3.05) is 17.1 Å². The molecule has 0 radical (unpaired) electrons. The Bertz CT molecular complexity index is 1190. The summed E-state index contributed by atoms with van der Waals surface area (Å²) in [7, 11) is -3.89. The molecule has 2 aromatic rings. The summed E-state index contributed by atoms with van der Waals surface area (Å²) in [4.78, 5) is 27.9. The fourth-order valence-corrected chi connectivity index (χ4v) is 4.99. The van der Waals surface area contributed by atoms with Crippen LogP contribution in [0.3, 0.4) is 0 Å². The summed E-state index contributed by atoms with van der Waals surface area (Å²) in [5.74, 6) is -0.959. The largest absolute Gasteiger partial charge is 0.352 e. The fourth-order valence-electron chi connectivity index (χ4n) is 3.39. The smallest absolute Gasteiger partial charge is 0.244 e. The molecule has 12 heteroatoms. The van der Waals surface area contributed by atoms with Gasteiger partial charge < -0.3 is 10.2 Å². The van der Waals surface area contributed by atoms with Crippen LogP contribution in [0, 0.1) is 0 Å². The molecule has 0 fully saturated rings. The zero-order valence-corrected chi connectivity index (χ0v) is 23.5. The lowest BCUT2D eigenvalue weighted by Gasteiger charge is -2.33. The lowest BCUT2D eigenvalue weighted by atomic mass is 10.1. The van der Waals surface area contributed by atoms with E-state index in [2.05, 4.69) is 5.32 Å². The van der Waals surface area contributed by atoms with Crippen LogP contribution in [0.25, 0.3) is 0 Å². The van der Waals surface area contributed by atoms with Crippen LogP contribution < -0.4 is 9.62 Å². The maximum Gasteiger partial charge on any atom is 0.244 e. The van der Waals surface area contributed by atoms with Gasteiger partial charge in [0.05, 0.1) is 22.0 Å². The number of carbonyl (C=O) groups excluding carboxylic acids is 2. The molecule has 0 aliphatic heterocycles. The van der Waals surface area contributed by atoms with E-state index in [-0.39, 0.29) is 34.2 Å². The van der Waals surface area contributed by atoms with E-state index in [1.54, 1.807) is 19.1 Å². The Morgan fingerprint density at radius 3 is 2.14 bits per heavy atom. The monoisotopic (exact) mass is 581 g/mol. The van der Waals surface area contributed by atoms with Crippen LogP contribution in [-0.2, 0) is 26.2 Å². The molecular formula is C23H27Cl4N3O4S. The van der Waals surface area contributed by atoms with Crippen molar-refractivity contribution in [3.8, 4) is 0 Å². The third-order valence-corrected chi connectivity index (χ3v) is 7.51. The van der Waals surface area contributed by atoms with Gasteiger partial charge >= 0.3 is 0 Å². The molecule has 0 aliphatic rings. The second-order valence-corrected chi connectivity index (χ2v) is 11.8. The first-order valence-electron chi connectivity index (χ1n) is 10.7. The van der Waals surface area contributed by atoms with E-state index in [0.717, 1.165) is 10.6 Å². The molecule has 0 saturated carbocycles. The van der Waals surface area contributed by atoms with E-state index in [0.29, 0.717) is 22.0 Å². The number of benzene rings is 2. The molecule has 1 unspecified atom stereocenters. The fraction of sp³-hybridized carbons (Fsp3) is 0.391. The predicted octanol–water partition coefficient (Wildman–Crippen LogP) is 5.40. The van der Waals surface area contributed by atoms with Gasteiger partial charge in [-0.3, -0.25) is 13.9 Å². The first-order valence-corrected chi connectivity index (χ1v) is 14.1. The van der Waals surface area contributed by atoms with E-state index in [1.165, 1.54) is 29.2 Å². The molecule has 1 atom stereocenters. The number of carbonyl (C=O) groups is 2. The molecular weight excluding hydrogens is 556 g/mol. The van der Waals surface area contributed by atoms with Crippen molar-refractivity contribution in [2.45, 2.75) is 45.8 Å². The summed E-state index contributed by atoms with van der Waals surface area (Å²) in [5.41, 5.74) is 0.722. The zero-order chi connectivity index (χ0) is 26.5. The lowest BCUT2D eigenvalue weighted by molar-refractivity contribution is -0.140. The van der Waals surface area contributed by atoms with Gasteiger partial charge in [-0.1, -0.05) is 59.4 Å². The number of hydrogen-bond acceptors (Lipinski definition) is 4. The van der Waals surface area contributed by atoms with Gasteiger partial charge in [-0.2, -0.15) is 0 Å². The molecule has 2 rings (SSSR count). The second kappa shape index (κ2) is 12.5. The van der Waals surface area contributed by atoms with Crippen LogP contribution in [-0.4, -0.2) is 50.0 Å². The maximum absolute atomic E-state index is 13.6. The van der Waals surface area contributed by atoms with Crippen molar-refractivity contribution in [2.24, 2.45) is 0 Å². The Labute approximate surface area is 226 Å². The molecule has 0 aromatic heterocycles. The molecule has 0 spiro atoms.